The van der Waals surface area contributed by atoms with E-state index in [2.05, 4.69) is 39.5 Å². The summed E-state index contributed by atoms with van der Waals surface area (Å²) in [7, 11) is 3.66. The number of carbonyl (C=O) groups is 1. The molecule has 8 heteroatoms. The third kappa shape index (κ3) is 3.82. The van der Waals surface area contributed by atoms with Crippen LogP contribution in [0.4, 0.5) is 0 Å². The monoisotopic (exact) mass is 522 g/mol. The van der Waals surface area contributed by atoms with Crippen LogP contribution in [0.5, 0.6) is 5.75 Å². The van der Waals surface area contributed by atoms with Crippen molar-refractivity contribution in [1.29, 1.82) is 5.26 Å². The summed E-state index contributed by atoms with van der Waals surface area (Å²) in [6.45, 7) is 1.66. The fourth-order valence-electron chi connectivity index (χ4n) is 6.99. The average Bonchev–Trinajstić information content (AvgIpc) is 3.33. The van der Waals surface area contributed by atoms with Gasteiger partial charge in [-0.05, 0) is 67.7 Å². The van der Waals surface area contributed by atoms with Crippen molar-refractivity contribution < 1.29 is 9.53 Å². The summed E-state index contributed by atoms with van der Waals surface area (Å²) in [5.41, 5.74) is 12.1. The van der Waals surface area contributed by atoms with Crippen molar-refractivity contribution in [3.63, 3.8) is 0 Å². The van der Waals surface area contributed by atoms with Crippen LogP contribution in [0.1, 0.15) is 48.0 Å². The summed E-state index contributed by atoms with van der Waals surface area (Å²) < 4.78 is 10.3. The third-order valence-electron chi connectivity index (χ3n) is 9.19. The number of nitrogens with two attached hydrogens (primary N) is 1. The first-order chi connectivity index (χ1) is 19.0. The highest BCUT2D eigenvalue weighted by Crippen LogP contribution is 2.40. The number of carbonyl (C=O) groups excluding carboxylic acids is 1. The molecule has 2 N–H and O–H groups in total. The number of nitriles is 1. The van der Waals surface area contributed by atoms with E-state index < -0.39 is 0 Å². The van der Waals surface area contributed by atoms with Crippen molar-refractivity contribution in [3.05, 3.63) is 47.5 Å². The molecule has 2 saturated carbocycles. The van der Waals surface area contributed by atoms with Crippen LogP contribution in [0.2, 0.25) is 0 Å². The van der Waals surface area contributed by atoms with Gasteiger partial charge in [-0.1, -0.05) is 18.2 Å². The number of ether oxygens (including phenoxy) is 1. The molecule has 1 amide bonds. The topological polar surface area (TPSA) is 102 Å². The smallest absolute Gasteiger partial charge is 0.254 e. The number of likely N-dealkylation sites (tertiary alicyclic amines) is 1. The van der Waals surface area contributed by atoms with Gasteiger partial charge in [0.05, 0.1) is 29.9 Å². The molecular weight excluding hydrogens is 488 g/mol. The minimum atomic E-state index is 0.00929. The Morgan fingerprint density at radius 2 is 2.03 bits per heavy atom. The molecule has 8 nitrogen and oxygen atoms in total. The number of hydrogen-bond donors (Lipinski definition) is 1. The molecule has 2 aromatic carbocycles. The van der Waals surface area contributed by atoms with Crippen LogP contribution >= 0.6 is 0 Å². The molecule has 1 unspecified atom stereocenters. The number of piperidine rings is 1. The predicted octanol–water partition coefficient (Wildman–Crippen LogP) is 4.63. The number of hydrogen-bond acceptors (Lipinski definition) is 5. The summed E-state index contributed by atoms with van der Waals surface area (Å²) >= 11 is 0. The van der Waals surface area contributed by atoms with Crippen molar-refractivity contribution in [2.75, 3.05) is 13.7 Å². The number of amides is 1. The van der Waals surface area contributed by atoms with Crippen molar-refractivity contribution >= 4 is 27.8 Å². The van der Waals surface area contributed by atoms with E-state index in [9.17, 15) is 10.1 Å². The number of fused-ring (bicyclic) bond motifs is 4. The standard InChI is InChI=1S/C31H34N6O2/c1-35-29-23(13-22(15-26(29)39-2)31(38)37-17-21-10-11-24(37)27(21)33)34-30(35)25-14-20-6-3-5-19(7-4-12-32)28(20)36(25)16-18-8-9-18/h3,5-6,13-15,18,21,24,27H,4,7-11,16-17,33H2,1-2H3/t21-,24-,27?/m1/s1. The van der Waals surface area contributed by atoms with Crippen LogP contribution in [-0.2, 0) is 20.0 Å². The molecule has 39 heavy (non-hydrogen) atoms. The molecule has 3 fully saturated rings. The van der Waals surface area contributed by atoms with E-state index in [1.807, 2.05) is 24.1 Å². The maximum absolute atomic E-state index is 13.6. The molecule has 2 aliphatic carbocycles. The van der Waals surface area contributed by atoms with Crippen LogP contribution in [0.15, 0.2) is 36.4 Å². The second kappa shape index (κ2) is 9.13. The van der Waals surface area contributed by atoms with Crippen molar-refractivity contribution in [1.82, 2.24) is 19.0 Å². The zero-order valence-corrected chi connectivity index (χ0v) is 22.6. The van der Waals surface area contributed by atoms with E-state index in [4.69, 9.17) is 15.5 Å². The van der Waals surface area contributed by atoms with Crippen LogP contribution in [-0.4, -0.2) is 50.7 Å². The first-order valence-corrected chi connectivity index (χ1v) is 14.1. The number of benzene rings is 2. The molecule has 0 spiro atoms. The Balaban J connectivity index is 1.35. The number of methoxy groups -OCH3 is 1. The van der Waals surface area contributed by atoms with Gasteiger partial charge in [-0.25, -0.2) is 4.98 Å². The van der Waals surface area contributed by atoms with Crippen molar-refractivity contribution in [3.8, 4) is 23.3 Å². The minimum absolute atomic E-state index is 0.00929. The Morgan fingerprint density at radius 1 is 1.18 bits per heavy atom. The second-order valence-electron chi connectivity index (χ2n) is 11.6. The van der Waals surface area contributed by atoms with E-state index in [1.165, 1.54) is 23.9 Å². The number of aromatic nitrogens is 3. The average molecular weight is 523 g/mol. The molecule has 200 valence electrons. The second-order valence-corrected chi connectivity index (χ2v) is 11.6. The number of imidazole rings is 1. The van der Waals surface area contributed by atoms with Crippen LogP contribution in [0.25, 0.3) is 33.5 Å². The predicted molar refractivity (Wildman–Crippen MR) is 150 cm³/mol. The fourth-order valence-corrected chi connectivity index (χ4v) is 6.99. The summed E-state index contributed by atoms with van der Waals surface area (Å²) in [4.78, 5) is 20.7. The van der Waals surface area contributed by atoms with Gasteiger partial charge in [-0.2, -0.15) is 5.26 Å². The van der Waals surface area contributed by atoms with Gasteiger partial charge in [-0.3, -0.25) is 4.79 Å². The highest BCUT2D eigenvalue weighted by Gasteiger charge is 2.47. The summed E-state index contributed by atoms with van der Waals surface area (Å²) in [5, 5.41) is 10.4. The maximum Gasteiger partial charge on any atom is 0.254 e. The van der Waals surface area contributed by atoms with Crippen LogP contribution in [0, 0.1) is 23.2 Å². The Hall–Kier alpha value is -3.83. The zero-order chi connectivity index (χ0) is 26.8. The lowest BCUT2D eigenvalue weighted by Gasteiger charge is -2.27. The number of nitrogens with zero attached hydrogens (tertiary/aromatic N) is 5. The first-order valence-electron chi connectivity index (χ1n) is 14.1. The Morgan fingerprint density at radius 3 is 2.72 bits per heavy atom. The van der Waals surface area contributed by atoms with Gasteiger partial charge >= 0.3 is 0 Å². The van der Waals surface area contributed by atoms with Crippen molar-refractivity contribution in [2.24, 2.45) is 24.6 Å². The summed E-state index contributed by atoms with van der Waals surface area (Å²) in [6, 6.07) is 14.8. The Bertz CT molecular complexity index is 1660. The van der Waals surface area contributed by atoms with Crippen molar-refractivity contribution in [2.45, 2.75) is 57.2 Å². The Labute approximate surface area is 227 Å². The SMILES string of the molecule is COc1cc(C(=O)N2C[C@H]3CC[C@@H]2C3N)cc2nc(-c3cc4cccc(CCC#N)c4n3CC3CC3)n(C)c12. The van der Waals surface area contributed by atoms with E-state index in [0.717, 1.165) is 60.3 Å². The normalized spacial score (nSPS) is 22.2. The molecule has 1 saturated heterocycles. The molecule has 3 heterocycles. The molecular formula is C31H34N6O2. The van der Waals surface area contributed by atoms with Gasteiger partial charge < -0.3 is 24.5 Å². The van der Waals surface area contributed by atoms with E-state index in [1.54, 1.807) is 7.11 Å². The summed E-state index contributed by atoms with van der Waals surface area (Å²) in [6.07, 6.45) is 5.78. The van der Waals surface area contributed by atoms with Gasteiger partial charge in [-0.15, -0.1) is 0 Å². The first kappa shape index (κ1) is 24.2. The van der Waals surface area contributed by atoms with E-state index >= 15 is 0 Å². The van der Waals surface area contributed by atoms with Gasteiger partial charge in [0, 0.05) is 49.6 Å². The largest absolute Gasteiger partial charge is 0.494 e. The van der Waals surface area contributed by atoms with Gasteiger partial charge in [0.2, 0.25) is 0 Å². The molecule has 3 atom stereocenters. The lowest BCUT2D eigenvalue weighted by atomic mass is 10.1. The molecule has 2 aromatic heterocycles. The van der Waals surface area contributed by atoms with Crippen LogP contribution < -0.4 is 10.5 Å². The van der Waals surface area contributed by atoms with Crippen LogP contribution in [0.3, 0.4) is 0 Å². The quantitative estimate of drug-likeness (QED) is 0.381. The van der Waals surface area contributed by atoms with Gasteiger partial charge in [0.25, 0.3) is 5.91 Å². The highest BCUT2D eigenvalue weighted by atomic mass is 16.5. The maximum atomic E-state index is 13.6. The number of para-hydroxylation sites is 1. The van der Waals surface area contributed by atoms with Gasteiger partial charge in [0.1, 0.15) is 11.3 Å². The molecule has 7 rings (SSSR count). The Kier molecular flexibility index (Phi) is 5.67. The third-order valence-corrected chi connectivity index (χ3v) is 9.19. The fraction of sp³-hybridized carbons (Fsp3) is 0.452. The molecule has 1 aliphatic heterocycles. The zero-order valence-electron chi connectivity index (χ0n) is 22.6. The van der Waals surface area contributed by atoms with E-state index in [-0.39, 0.29) is 18.0 Å². The molecule has 0 radical (unpaired) electrons. The number of rotatable bonds is 7. The molecule has 4 aromatic rings. The number of aryl methyl sites for hydroxylation is 2. The minimum Gasteiger partial charge on any atom is -0.494 e. The molecule has 2 bridgehead atoms. The highest BCUT2D eigenvalue weighted by molar-refractivity contribution is 6.00. The summed E-state index contributed by atoms with van der Waals surface area (Å²) in [5.74, 6) is 2.56. The molecule has 3 aliphatic rings. The lowest BCUT2D eigenvalue weighted by Crippen LogP contribution is -2.41. The lowest BCUT2D eigenvalue weighted by molar-refractivity contribution is 0.0700. The van der Waals surface area contributed by atoms with Gasteiger partial charge in [0.15, 0.2) is 5.82 Å². The van der Waals surface area contributed by atoms with E-state index in [0.29, 0.717) is 29.6 Å².